The minimum Gasteiger partial charge on any atom is -0.353 e. The highest BCUT2D eigenvalue weighted by Crippen LogP contribution is 2.10. The number of hydrogen-bond donors (Lipinski definition) is 2. The molecule has 1 saturated heterocycles. The number of amides is 1. The maximum absolute atomic E-state index is 11.6. The number of nitrogens with one attached hydrogen (secondary N) is 2. The number of rotatable bonds is 4. The summed E-state index contributed by atoms with van der Waals surface area (Å²) in [6, 6.07) is 0.311. The lowest BCUT2D eigenvalue weighted by atomic mass is 10.1. The Labute approximate surface area is 85.3 Å². The van der Waals surface area contributed by atoms with E-state index in [0.29, 0.717) is 12.6 Å². The molecule has 2 unspecified atom stereocenters. The van der Waals surface area contributed by atoms with Crippen molar-refractivity contribution >= 4 is 5.91 Å². The lowest BCUT2D eigenvalue weighted by Gasteiger charge is -2.39. The Hall–Kier alpha value is -0.870. The van der Waals surface area contributed by atoms with Crippen molar-refractivity contribution in [1.29, 1.82) is 0 Å². The zero-order valence-corrected chi connectivity index (χ0v) is 8.92. The first-order chi connectivity index (χ1) is 6.70. The Bertz CT molecular complexity index is 217. The average molecular weight is 197 g/mol. The number of carbonyl (C=O) groups excluding carboxylic acids is 1. The third-order valence-electron chi connectivity index (χ3n) is 2.58. The zero-order chi connectivity index (χ0) is 10.6. The predicted octanol–water partition coefficient (Wildman–Crippen LogP) is -0.419. The first-order valence-electron chi connectivity index (χ1n) is 4.99. The van der Waals surface area contributed by atoms with Gasteiger partial charge in [0.25, 0.3) is 0 Å². The van der Waals surface area contributed by atoms with Gasteiger partial charge in [-0.15, -0.1) is 6.58 Å². The van der Waals surface area contributed by atoms with Gasteiger partial charge in [0.1, 0.15) is 6.04 Å². The highest BCUT2D eigenvalue weighted by atomic mass is 16.2. The summed E-state index contributed by atoms with van der Waals surface area (Å²) >= 11 is 0. The van der Waals surface area contributed by atoms with E-state index < -0.39 is 0 Å². The van der Waals surface area contributed by atoms with Crippen molar-refractivity contribution in [2.24, 2.45) is 0 Å². The van der Waals surface area contributed by atoms with E-state index in [2.05, 4.69) is 29.0 Å². The van der Waals surface area contributed by atoms with E-state index in [1.54, 1.807) is 0 Å². The Kier molecular flexibility index (Phi) is 4.10. The standard InChI is InChI=1S/C10H19N3O/c1-4-5-13-8(2)6-12-10(14)9(13)7-11-3/h4,8-9,11H,1,5-7H2,2-3H3,(H,12,14). The monoisotopic (exact) mass is 197 g/mol. The van der Waals surface area contributed by atoms with Crippen LogP contribution in [0.1, 0.15) is 6.92 Å². The van der Waals surface area contributed by atoms with E-state index in [1.807, 2.05) is 13.1 Å². The SMILES string of the molecule is C=CCN1C(C)CNC(=O)C1CNC. The summed E-state index contributed by atoms with van der Waals surface area (Å²) in [5.74, 6) is 0.110. The molecule has 1 aliphatic heterocycles. The van der Waals surface area contributed by atoms with E-state index in [-0.39, 0.29) is 11.9 Å². The van der Waals surface area contributed by atoms with Gasteiger partial charge in [0.15, 0.2) is 0 Å². The van der Waals surface area contributed by atoms with Gasteiger partial charge in [-0.05, 0) is 14.0 Å². The summed E-state index contributed by atoms with van der Waals surface area (Å²) in [6.07, 6.45) is 1.84. The number of carbonyl (C=O) groups is 1. The third kappa shape index (κ3) is 2.33. The molecule has 0 bridgehead atoms. The Morgan fingerprint density at radius 1 is 1.79 bits per heavy atom. The van der Waals surface area contributed by atoms with Crippen LogP contribution in [0.25, 0.3) is 0 Å². The van der Waals surface area contributed by atoms with Gasteiger partial charge in [-0.3, -0.25) is 9.69 Å². The molecule has 0 aromatic heterocycles. The molecule has 14 heavy (non-hydrogen) atoms. The van der Waals surface area contributed by atoms with Crippen molar-refractivity contribution < 1.29 is 4.79 Å². The molecule has 2 atom stereocenters. The molecule has 4 heteroatoms. The second-order valence-corrected chi connectivity index (χ2v) is 3.65. The summed E-state index contributed by atoms with van der Waals surface area (Å²) in [4.78, 5) is 13.8. The molecule has 0 aromatic carbocycles. The van der Waals surface area contributed by atoms with Crippen molar-refractivity contribution in [1.82, 2.24) is 15.5 Å². The van der Waals surface area contributed by atoms with Gasteiger partial charge in [-0.25, -0.2) is 0 Å². The van der Waals surface area contributed by atoms with E-state index in [9.17, 15) is 4.79 Å². The predicted molar refractivity (Wildman–Crippen MR) is 57.1 cm³/mol. The van der Waals surface area contributed by atoms with Gasteiger partial charge in [-0.1, -0.05) is 6.08 Å². The maximum atomic E-state index is 11.6. The van der Waals surface area contributed by atoms with Crippen molar-refractivity contribution in [2.45, 2.75) is 19.0 Å². The molecule has 1 heterocycles. The zero-order valence-electron chi connectivity index (χ0n) is 8.92. The van der Waals surface area contributed by atoms with Crippen LogP contribution >= 0.6 is 0 Å². The molecule has 1 fully saturated rings. The van der Waals surface area contributed by atoms with Crippen LogP contribution in [0.3, 0.4) is 0 Å². The first kappa shape index (κ1) is 11.2. The molecule has 0 saturated carbocycles. The molecule has 2 N–H and O–H groups in total. The Morgan fingerprint density at radius 2 is 2.50 bits per heavy atom. The van der Waals surface area contributed by atoms with Gasteiger partial charge in [0.05, 0.1) is 0 Å². The Morgan fingerprint density at radius 3 is 3.07 bits per heavy atom. The molecule has 0 aliphatic carbocycles. The molecule has 1 rings (SSSR count). The largest absolute Gasteiger partial charge is 0.353 e. The van der Waals surface area contributed by atoms with Crippen molar-refractivity contribution in [2.75, 3.05) is 26.7 Å². The number of likely N-dealkylation sites (N-methyl/N-ethyl adjacent to an activating group) is 1. The van der Waals surface area contributed by atoms with E-state index in [1.165, 1.54) is 0 Å². The topological polar surface area (TPSA) is 44.4 Å². The second kappa shape index (κ2) is 5.12. The number of piperazine rings is 1. The number of hydrogen-bond acceptors (Lipinski definition) is 3. The summed E-state index contributed by atoms with van der Waals surface area (Å²) in [7, 11) is 1.86. The normalized spacial score (nSPS) is 28.6. The van der Waals surface area contributed by atoms with Crippen LogP contribution in [0.5, 0.6) is 0 Å². The van der Waals surface area contributed by atoms with Gasteiger partial charge < -0.3 is 10.6 Å². The highest BCUT2D eigenvalue weighted by Gasteiger charge is 2.32. The molecule has 4 nitrogen and oxygen atoms in total. The molecule has 80 valence electrons. The first-order valence-corrected chi connectivity index (χ1v) is 4.99. The van der Waals surface area contributed by atoms with Crippen LogP contribution in [0.4, 0.5) is 0 Å². The fraction of sp³-hybridized carbons (Fsp3) is 0.700. The Balaban J connectivity index is 2.69. The summed E-state index contributed by atoms with van der Waals surface area (Å²) in [5.41, 5.74) is 0. The van der Waals surface area contributed by atoms with E-state index >= 15 is 0 Å². The van der Waals surface area contributed by atoms with Gasteiger partial charge in [0.2, 0.25) is 5.91 Å². The molecule has 1 amide bonds. The molecule has 0 radical (unpaired) electrons. The fourth-order valence-corrected chi connectivity index (χ4v) is 1.80. The summed E-state index contributed by atoms with van der Waals surface area (Å²) < 4.78 is 0. The van der Waals surface area contributed by atoms with Gasteiger partial charge >= 0.3 is 0 Å². The highest BCUT2D eigenvalue weighted by molar-refractivity contribution is 5.82. The molecular weight excluding hydrogens is 178 g/mol. The van der Waals surface area contributed by atoms with Crippen molar-refractivity contribution in [3.8, 4) is 0 Å². The molecular formula is C10H19N3O. The summed E-state index contributed by atoms with van der Waals surface area (Å²) in [5, 5.41) is 5.94. The van der Waals surface area contributed by atoms with Crippen LogP contribution in [0, 0.1) is 0 Å². The minimum atomic E-state index is -0.0678. The fourth-order valence-electron chi connectivity index (χ4n) is 1.80. The molecule has 0 spiro atoms. The number of nitrogens with zero attached hydrogens (tertiary/aromatic N) is 1. The van der Waals surface area contributed by atoms with Gasteiger partial charge in [0, 0.05) is 25.7 Å². The van der Waals surface area contributed by atoms with Crippen molar-refractivity contribution in [3.05, 3.63) is 12.7 Å². The smallest absolute Gasteiger partial charge is 0.238 e. The molecule has 1 aliphatic rings. The second-order valence-electron chi connectivity index (χ2n) is 3.65. The maximum Gasteiger partial charge on any atom is 0.238 e. The van der Waals surface area contributed by atoms with E-state index in [4.69, 9.17) is 0 Å². The van der Waals surface area contributed by atoms with Gasteiger partial charge in [-0.2, -0.15) is 0 Å². The van der Waals surface area contributed by atoms with E-state index in [0.717, 1.165) is 13.1 Å². The lowest BCUT2D eigenvalue weighted by molar-refractivity contribution is -0.130. The quantitative estimate of drug-likeness (QED) is 0.602. The van der Waals surface area contributed by atoms with Crippen LogP contribution < -0.4 is 10.6 Å². The van der Waals surface area contributed by atoms with Crippen LogP contribution in [0.15, 0.2) is 12.7 Å². The summed E-state index contributed by atoms with van der Waals surface area (Å²) in [6.45, 7) is 8.01. The van der Waals surface area contributed by atoms with Crippen LogP contribution in [-0.2, 0) is 4.79 Å². The minimum absolute atomic E-state index is 0.0678. The lowest BCUT2D eigenvalue weighted by Crippen LogP contribution is -2.62. The van der Waals surface area contributed by atoms with Crippen LogP contribution in [-0.4, -0.2) is 49.6 Å². The van der Waals surface area contributed by atoms with Crippen LogP contribution in [0.2, 0.25) is 0 Å². The third-order valence-corrected chi connectivity index (χ3v) is 2.58. The van der Waals surface area contributed by atoms with Crippen molar-refractivity contribution in [3.63, 3.8) is 0 Å². The average Bonchev–Trinajstić information content (AvgIpc) is 2.17. The molecule has 0 aromatic rings.